The molecule has 2 heteroatoms. The van der Waals surface area contributed by atoms with Crippen LogP contribution in [0.1, 0.15) is 33.1 Å². The van der Waals surface area contributed by atoms with E-state index in [1.54, 1.807) is 0 Å². The normalized spacial score (nSPS) is 22.8. The molecule has 0 fully saturated rings. The van der Waals surface area contributed by atoms with Crippen molar-refractivity contribution in [1.29, 1.82) is 0 Å². The average molecular weight is 168 g/mol. The van der Waals surface area contributed by atoms with E-state index in [1.807, 2.05) is 19.9 Å². The smallest absolute Gasteiger partial charge is 0.313 e. The zero-order chi connectivity index (χ0) is 8.97. The molecule has 68 valence electrons. The molecule has 0 aliphatic heterocycles. The van der Waals surface area contributed by atoms with E-state index in [-0.39, 0.29) is 18.0 Å². The van der Waals surface area contributed by atoms with Crippen molar-refractivity contribution >= 4 is 5.97 Å². The van der Waals surface area contributed by atoms with E-state index in [4.69, 9.17) is 4.74 Å². The lowest BCUT2D eigenvalue weighted by Crippen LogP contribution is -2.20. The average Bonchev–Trinajstić information content (AvgIpc) is 2.05. The van der Waals surface area contributed by atoms with Crippen LogP contribution in [0.25, 0.3) is 0 Å². The Morgan fingerprint density at radius 2 is 2.33 bits per heavy atom. The van der Waals surface area contributed by atoms with Gasteiger partial charge in [0.15, 0.2) is 0 Å². The van der Waals surface area contributed by atoms with Crippen molar-refractivity contribution in [2.75, 3.05) is 0 Å². The van der Waals surface area contributed by atoms with Crippen LogP contribution < -0.4 is 0 Å². The van der Waals surface area contributed by atoms with Crippen molar-refractivity contribution in [3.8, 4) is 0 Å². The minimum Gasteiger partial charge on any atom is -0.463 e. The maximum atomic E-state index is 11.3. The first-order chi connectivity index (χ1) is 5.70. The first-order valence-corrected chi connectivity index (χ1v) is 4.57. The van der Waals surface area contributed by atoms with Crippen LogP contribution in [0.2, 0.25) is 0 Å². The topological polar surface area (TPSA) is 26.3 Å². The third-order valence-corrected chi connectivity index (χ3v) is 1.91. The summed E-state index contributed by atoms with van der Waals surface area (Å²) in [5, 5.41) is 0. The van der Waals surface area contributed by atoms with Gasteiger partial charge >= 0.3 is 5.97 Å². The lowest BCUT2D eigenvalue weighted by Gasteiger charge is -2.16. The second-order valence-electron chi connectivity index (χ2n) is 3.45. The minimum absolute atomic E-state index is 0.00725. The van der Waals surface area contributed by atoms with E-state index >= 15 is 0 Å². The highest BCUT2D eigenvalue weighted by atomic mass is 16.5. The van der Waals surface area contributed by atoms with Gasteiger partial charge in [0, 0.05) is 0 Å². The molecule has 0 aromatic rings. The zero-order valence-electron chi connectivity index (χ0n) is 7.75. The summed E-state index contributed by atoms with van der Waals surface area (Å²) in [6.07, 6.45) is 7.19. The van der Waals surface area contributed by atoms with Gasteiger partial charge in [0.05, 0.1) is 12.0 Å². The molecule has 0 spiro atoms. The number of carbonyl (C=O) groups excluding carboxylic acids is 1. The van der Waals surface area contributed by atoms with Crippen molar-refractivity contribution in [2.45, 2.75) is 39.2 Å². The predicted molar refractivity (Wildman–Crippen MR) is 47.7 cm³/mol. The van der Waals surface area contributed by atoms with E-state index in [0.717, 1.165) is 19.3 Å². The van der Waals surface area contributed by atoms with Gasteiger partial charge in [-0.05, 0) is 33.1 Å². The number of rotatable bonds is 2. The molecule has 1 unspecified atom stereocenters. The van der Waals surface area contributed by atoms with Gasteiger partial charge in [-0.3, -0.25) is 4.79 Å². The Bertz CT molecular complexity index is 182. The molecule has 2 nitrogen and oxygen atoms in total. The van der Waals surface area contributed by atoms with Crippen LogP contribution in [0.3, 0.4) is 0 Å². The summed E-state index contributed by atoms with van der Waals surface area (Å²) < 4.78 is 5.10. The monoisotopic (exact) mass is 168 g/mol. The number of carbonyl (C=O) groups is 1. The molecule has 0 saturated carbocycles. The number of ether oxygens (including phenoxy) is 1. The predicted octanol–water partition coefficient (Wildman–Crippen LogP) is 2.29. The SMILES string of the molecule is CC(C)OC(=O)C1C=CCCC1. The second kappa shape index (κ2) is 4.29. The molecule has 0 bridgehead atoms. The fourth-order valence-electron chi connectivity index (χ4n) is 1.33. The van der Waals surface area contributed by atoms with Crippen molar-refractivity contribution in [2.24, 2.45) is 5.92 Å². The molecule has 1 aliphatic rings. The standard InChI is InChI=1S/C10H16O2/c1-8(2)12-10(11)9-6-4-3-5-7-9/h4,6,8-9H,3,5,7H2,1-2H3. The quantitative estimate of drug-likeness (QED) is 0.467. The van der Waals surface area contributed by atoms with Crippen LogP contribution in [-0.4, -0.2) is 12.1 Å². The Kier molecular flexibility index (Phi) is 3.32. The minimum atomic E-state index is -0.0686. The highest BCUT2D eigenvalue weighted by Gasteiger charge is 2.19. The molecule has 0 amide bonds. The molecule has 1 rings (SSSR count). The third kappa shape index (κ3) is 2.68. The fraction of sp³-hybridized carbons (Fsp3) is 0.700. The Morgan fingerprint density at radius 1 is 1.58 bits per heavy atom. The van der Waals surface area contributed by atoms with Gasteiger partial charge in [0.1, 0.15) is 0 Å². The van der Waals surface area contributed by atoms with E-state index in [1.165, 1.54) is 0 Å². The van der Waals surface area contributed by atoms with Crippen LogP contribution in [-0.2, 0) is 9.53 Å². The number of esters is 1. The molecule has 0 saturated heterocycles. The first-order valence-electron chi connectivity index (χ1n) is 4.57. The lowest BCUT2D eigenvalue weighted by atomic mass is 9.96. The third-order valence-electron chi connectivity index (χ3n) is 1.91. The summed E-state index contributed by atoms with van der Waals surface area (Å²) in [7, 11) is 0. The van der Waals surface area contributed by atoms with Crippen LogP contribution in [0.4, 0.5) is 0 Å². The Balaban J connectivity index is 2.40. The molecule has 1 aliphatic carbocycles. The van der Waals surface area contributed by atoms with Gasteiger partial charge in [-0.1, -0.05) is 12.2 Å². The highest BCUT2D eigenvalue weighted by Crippen LogP contribution is 2.18. The first kappa shape index (κ1) is 9.30. The molecule has 0 N–H and O–H groups in total. The lowest BCUT2D eigenvalue weighted by molar-refractivity contribution is -0.150. The van der Waals surface area contributed by atoms with Crippen LogP contribution in [0, 0.1) is 5.92 Å². The zero-order valence-corrected chi connectivity index (χ0v) is 7.75. The maximum absolute atomic E-state index is 11.3. The van der Waals surface area contributed by atoms with E-state index in [9.17, 15) is 4.79 Å². The van der Waals surface area contributed by atoms with Gasteiger partial charge in [-0.15, -0.1) is 0 Å². The van der Waals surface area contributed by atoms with Gasteiger partial charge in [-0.2, -0.15) is 0 Å². The van der Waals surface area contributed by atoms with Gasteiger partial charge in [-0.25, -0.2) is 0 Å². The van der Waals surface area contributed by atoms with Crippen molar-refractivity contribution in [3.05, 3.63) is 12.2 Å². The summed E-state index contributed by atoms with van der Waals surface area (Å²) in [5.41, 5.74) is 0. The van der Waals surface area contributed by atoms with Gasteiger partial charge in [0.2, 0.25) is 0 Å². The second-order valence-corrected chi connectivity index (χ2v) is 3.45. The van der Waals surface area contributed by atoms with Crippen LogP contribution >= 0.6 is 0 Å². The van der Waals surface area contributed by atoms with E-state index in [0.29, 0.717) is 0 Å². The molecule has 0 radical (unpaired) electrons. The number of hydrogen-bond donors (Lipinski definition) is 0. The van der Waals surface area contributed by atoms with Crippen molar-refractivity contribution in [3.63, 3.8) is 0 Å². The summed E-state index contributed by atoms with van der Waals surface area (Å²) in [6.45, 7) is 3.76. The van der Waals surface area contributed by atoms with Crippen molar-refractivity contribution in [1.82, 2.24) is 0 Å². The fourth-order valence-corrected chi connectivity index (χ4v) is 1.33. The molecular weight excluding hydrogens is 152 g/mol. The molecule has 0 aromatic carbocycles. The Morgan fingerprint density at radius 3 is 2.83 bits per heavy atom. The molecule has 0 aromatic heterocycles. The Hall–Kier alpha value is -0.790. The van der Waals surface area contributed by atoms with Crippen molar-refractivity contribution < 1.29 is 9.53 Å². The Labute approximate surface area is 73.6 Å². The summed E-state index contributed by atoms with van der Waals surface area (Å²) >= 11 is 0. The largest absolute Gasteiger partial charge is 0.463 e. The number of allylic oxidation sites excluding steroid dienone is 1. The molecule has 0 heterocycles. The van der Waals surface area contributed by atoms with E-state index < -0.39 is 0 Å². The van der Waals surface area contributed by atoms with Crippen LogP contribution in [0.5, 0.6) is 0 Å². The number of hydrogen-bond acceptors (Lipinski definition) is 2. The van der Waals surface area contributed by atoms with E-state index in [2.05, 4.69) is 6.08 Å². The van der Waals surface area contributed by atoms with Gasteiger partial charge < -0.3 is 4.74 Å². The van der Waals surface area contributed by atoms with Crippen LogP contribution in [0.15, 0.2) is 12.2 Å². The summed E-state index contributed by atoms with van der Waals surface area (Å²) in [5.74, 6) is -0.0536. The summed E-state index contributed by atoms with van der Waals surface area (Å²) in [4.78, 5) is 11.3. The van der Waals surface area contributed by atoms with Gasteiger partial charge in [0.25, 0.3) is 0 Å². The summed E-state index contributed by atoms with van der Waals surface area (Å²) in [6, 6.07) is 0. The molecule has 1 atom stereocenters. The highest BCUT2D eigenvalue weighted by molar-refractivity contribution is 5.74. The molecular formula is C10H16O2. The maximum Gasteiger partial charge on any atom is 0.313 e. The molecule has 12 heavy (non-hydrogen) atoms.